The van der Waals surface area contributed by atoms with Gasteiger partial charge in [-0.3, -0.25) is 4.79 Å². The lowest BCUT2D eigenvalue weighted by Crippen LogP contribution is -2.41. The first-order chi connectivity index (χ1) is 14.5. The smallest absolute Gasteiger partial charge is 0.253 e. The van der Waals surface area contributed by atoms with Gasteiger partial charge < -0.3 is 24.7 Å². The molecule has 2 aromatic carbocycles. The molecule has 2 aliphatic heterocycles. The quantitative estimate of drug-likeness (QED) is 0.707. The molecule has 4 rings (SSSR count). The molecule has 2 aromatic rings. The number of methoxy groups -OCH3 is 1. The third-order valence-electron chi connectivity index (χ3n) is 5.28. The lowest BCUT2D eigenvalue weighted by molar-refractivity contribution is 0.0633. The summed E-state index contributed by atoms with van der Waals surface area (Å²) < 4.78 is 29.5. The summed E-state index contributed by atoms with van der Waals surface area (Å²) in [6.07, 6.45) is 1.90. The number of anilines is 1. The van der Waals surface area contributed by atoms with Crippen molar-refractivity contribution in [3.8, 4) is 11.5 Å². The van der Waals surface area contributed by atoms with E-state index in [1.807, 2.05) is 17.0 Å². The van der Waals surface area contributed by atoms with Crippen LogP contribution in [0.25, 0.3) is 0 Å². The maximum absolute atomic E-state index is 12.9. The first-order valence-electron chi connectivity index (χ1n) is 9.77. The molecular formula is C21H24N4O4S. The molecule has 9 heteroatoms. The zero-order chi connectivity index (χ0) is 21.1. The Morgan fingerprint density at radius 3 is 2.90 bits per heavy atom. The molecule has 0 radical (unpaired) electrons. The van der Waals surface area contributed by atoms with Gasteiger partial charge in [-0.25, -0.2) is 0 Å². The van der Waals surface area contributed by atoms with Crippen LogP contribution in [-0.4, -0.2) is 48.0 Å². The molecule has 0 aliphatic carbocycles. The van der Waals surface area contributed by atoms with Crippen LogP contribution in [0.4, 0.5) is 5.69 Å². The highest BCUT2D eigenvalue weighted by Gasteiger charge is 2.27. The number of amides is 1. The van der Waals surface area contributed by atoms with Crippen LogP contribution in [0.3, 0.4) is 0 Å². The summed E-state index contributed by atoms with van der Waals surface area (Å²) in [5, 5.41) is 0. The van der Waals surface area contributed by atoms with E-state index >= 15 is 0 Å². The molecule has 3 N–H and O–H groups in total. The van der Waals surface area contributed by atoms with Gasteiger partial charge in [0, 0.05) is 24.6 Å². The highest BCUT2D eigenvalue weighted by molar-refractivity contribution is 7.91. The summed E-state index contributed by atoms with van der Waals surface area (Å²) in [6.45, 7) is 1.82. The third kappa shape index (κ3) is 4.31. The highest BCUT2D eigenvalue weighted by Crippen LogP contribution is 2.31. The van der Waals surface area contributed by atoms with Gasteiger partial charge in [-0.1, -0.05) is 6.07 Å². The summed E-state index contributed by atoms with van der Waals surface area (Å²) in [4.78, 5) is 14.7. The fourth-order valence-electron chi connectivity index (χ4n) is 3.76. The Kier molecular flexibility index (Phi) is 6.01. The number of carbonyl (C=O) groups is 1. The van der Waals surface area contributed by atoms with E-state index in [1.54, 1.807) is 37.4 Å². The van der Waals surface area contributed by atoms with Gasteiger partial charge in [-0.15, -0.1) is 0 Å². The van der Waals surface area contributed by atoms with Crippen LogP contribution < -0.4 is 19.9 Å². The summed E-state index contributed by atoms with van der Waals surface area (Å²) in [6, 6.07) is 12.6. The van der Waals surface area contributed by atoms with Crippen LogP contribution in [0.2, 0.25) is 0 Å². The van der Waals surface area contributed by atoms with Gasteiger partial charge >= 0.3 is 0 Å². The van der Waals surface area contributed by atoms with E-state index in [0.29, 0.717) is 35.7 Å². The van der Waals surface area contributed by atoms with E-state index in [2.05, 4.69) is 9.12 Å². The number of likely N-dealkylation sites (tertiary alicyclic amines) is 1. The number of fused-ring (bicyclic) bond motifs is 1. The number of piperidine rings is 1. The highest BCUT2D eigenvalue weighted by atomic mass is 32.2. The van der Waals surface area contributed by atoms with E-state index in [1.165, 1.54) is 0 Å². The molecule has 1 saturated heterocycles. The minimum atomic E-state index is -1.57. The van der Waals surface area contributed by atoms with Crippen molar-refractivity contribution < 1.29 is 18.8 Å². The predicted molar refractivity (Wildman–Crippen MR) is 116 cm³/mol. The van der Waals surface area contributed by atoms with E-state index in [4.69, 9.17) is 15.2 Å². The van der Waals surface area contributed by atoms with Gasteiger partial charge in [-0.2, -0.15) is 4.72 Å². The minimum absolute atomic E-state index is 0.0162. The van der Waals surface area contributed by atoms with Gasteiger partial charge in [0.15, 0.2) is 5.84 Å². The Hall–Kier alpha value is -2.91. The zero-order valence-electron chi connectivity index (χ0n) is 16.7. The second kappa shape index (κ2) is 8.85. The van der Waals surface area contributed by atoms with Crippen molar-refractivity contribution in [1.29, 1.82) is 0 Å². The molecule has 2 heterocycles. The Balaban J connectivity index is 1.40. The van der Waals surface area contributed by atoms with Crippen LogP contribution in [0.5, 0.6) is 11.5 Å². The van der Waals surface area contributed by atoms with Crippen molar-refractivity contribution in [2.24, 2.45) is 16.0 Å². The molecule has 0 bridgehead atoms. The Morgan fingerprint density at radius 2 is 2.13 bits per heavy atom. The molecule has 0 spiro atoms. The average Bonchev–Trinajstić information content (AvgIpc) is 2.77. The van der Waals surface area contributed by atoms with Crippen molar-refractivity contribution in [3.05, 3.63) is 53.6 Å². The number of benzene rings is 2. The monoisotopic (exact) mass is 428 g/mol. The molecular weight excluding hydrogens is 404 g/mol. The minimum Gasteiger partial charge on any atom is -0.566 e. The van der Waals surface area contributed by atoms with E-state index in [0.717, 1.165) is 25.1 Å². The number of hydrogen-bond donors (Lipinski definition) is 2. The van der Waals surface area contributed by atoms with Crippen molar-refractivity contribution >= 4 is 29.0 Å². The van der Waals surface area contributed by atoms with Crippen LogP contribution in [0, 0.1) is 5.92 Å². The van der Waals surface area contributed by atoms with E-state index < -0.39 is 11.5 Å². The van der Waals surface area contributed by atoms with Crippen LogP contribution in [0.1, 0.15) is 28.8 Å². The fraction of sp³-hybridized carbons (Fsp3) is 0.333. The Morgan fingerprint density at radius 1 is 1.33 bits per heavy atom. The number of ether oxygens (including phenoxy) is 2. The molecule has 1 fully saturated rings. The maximum Gasteiger partial charge on any atom is 0.253 e. The molecule has 158 valence electrons. The molecule has 2 unspecified atom stereocenters. The number of carbonyl (C=O) groups excluding carboxylic acids is 1. The van der Waals surface area contributed by atoms with Gasteiger partial charge in [0.1, 0.15) is 11.5 Å². The number of rotatable bonds is 5. The largest absolute Gasteiger partial charge is 0.566 e. The average molecular weight is 429 g/mol. The lowest BCUT2D eigenvalue weighted by Gasteiger charge is -2.33. The van der Waals surface area contributed by atoms with Crippen molar-refractivity contribution in [2.45, 2.75) is 12.8 Å². The second-order valence-corrected chi connectivity index (χ2v) is 8.19. The topological polar surface area (TPSA) is 112 Å². The summed E-state index contributed by atoms with van der Waals surface area (Å²) >= 11 is -1.57. The number of nitrogens with two attached hydrogens (primary N) is 1. The van der Waals surface area contributed by atoms with E-state index in [9.17, 15) is 9.35 Å². The molecule has 2 aliphatic rings. The molecule has 30 heavy (non-hydrogen) atoms. The first-order valence-corrected chi connectivity index (χ1v) is 10.9. The SMILES string of the molecule is COc1ccc(C(=O)N2CCCC(COc3cccc4c3C(N)=N[S+]([O-])N4)C2)cc1. The van der Waals surface area contributed by atoms with Crippen LogP contribution >= 0.6 is 0 Å². The maximum atomic E-state index is 12.9. The summed E-state index contributed by atoms with van der Waals surface area (Å²) in [5.74, 6) is 1.74. The standard InChI is InChI=1S/C21H24N4O4S/c1-28-16-9-7-15(8-10-16)21(26)25-11-3-4-14(12-25)13-29-18-6-2-5-17-19(18)20(22)24-30(27)23-17/h2,5-10,14,23H,3-4,11-13H2,1H3,(H2,22,24). The van der Waals surface area contributed by atoms with Gasteiger partial charge in [0.2, 0.25) is 11.5 Å². The van der Waals surface area contributed by atoms with Crippen molar-refractivity contribution in [1.82, 2.24) is 4.90 Å². The molecule has 2 atom stereocenters. The molecule has 8 nitrogen and oxygen atoms in total. The fourth-order valence-corrected chi connectivity index (χ4v) is 4.44. The third-order valence-corrected chi connectivity index (χ3v) is 6.04. The summed E-state index contributed by atoms with van der Waals surface area (Å²) in [5.41, 5.74) is 7.88. The second-order valence-electron chi connectivity index (χ2n) is 7.31. The summed E-state index contributed by atoms with van der Waals surface area (Å²) in [7, 11) is 1.60. The number of nitrogens with one attached hydrogen (secondary N) is 1. The number of amidine groups is 1. The van der Waals surface area contributed by atoms with Crippen molar-refractivity contribution in [2.75, 3.05) is 31.5 Å². The number of hydrogen-bond acceptors (Lipinski definition) is 7. The van der Waals surface area contributed by atoms with Gasteiger partial charge in [-0.05, 0) is 53.6 Å². The molecule has 0 saturated carbocycles. The van der Waals surface area contributed by atoms with Crippen LogP contribution in [0.15, 0.2) is 46.9 Å². The van der Waals surface area contributed by atoms with Crippen molar-refractivity contribution in [3.63, 3.8) is 0 Å². The van der Waals surface area contributed by atoms with Crippen LogP contribution in [-0.2, 0) is 11.5 Å². The Bertz CT molecular complexity index is 951. The van der Waals surface area contributed by atoms with E-state index in [-0.39, 0.29) is 17.7 Å². The van der Waals surface area contributed by atoms with Gasteiger partial charge in [0.05, 0.1) is 25.0 Å². The Labute approximate surface area is 178 Å². The number of nitrogens with zero attached hydrogens (tertiary/aromatic N) is 2. The normalized spacial score (nSPS) is 20.6. The lowest BCUT2D eigenvalue weighted by atomic mass is 9.98. The predicted octanol–water partition coefficient (Wildman–Crippen LogP) is 2.34. The first kappa shape index (κ1) is 20.4. The zero-order valence-corrected chi connectivity index (χ0v) is 17.5. The molecule has 0 aromatic heterocycles. The molecule has 1 amide bonds. The van der Waals surface area contributed by atoms with Gasteiger partial charge in [0.25, 0.3) is 5.91 Å².